The standard InChI is InChI=1S/C10H13BrClN3/c11-7-5-8(12)10(6-9(7)13)15-3-1-14-2-4-15/h5-6,14H,1-4,13H2. The van der Waals surface area contributed by atoms with Crippen LogP contribution in [-0.2, 0) is 0 Å². The third-order valence-corrected chi connectivity index (χ3v) is 3.51. The van der Waals surface area contributed by atoms with Gasteiger partial charge in [-0.25, -0.2) is 0 Å². The van der Waals surface area contributed by atoms with E-state index in [2.05, 4.69) is 26.1 Å². The van der Waals surface area contributed by atoms with Gasteiger partial charge < -0.3 is 16.0 Å². The molecule has 1 fully saturated rings. The van der Waals surface area contributed by atoms with Crippen molar-refractivity contribution in [3.05, 3.63) is 21.6 Å². The lowest BCUT2D eigenvalue weighted by Gasteiger charge is -2.30. The lowest BCUT2D eigenvalue weighted by atomic mass is 10.2. The minimum Gasteiger partial charge on any atom is -0.398 e. The molecule has 1 aliphatic heterocycles. The maximum absolute atomic E-state index is 6.19. The van der Waals surface area contributed by atoms with Crippen LogP contribution in [0.3, 0.4) is 0 Å². The molecule has 1 saturated heterocycles. The molecule has 0 spiro atoms. The van der Waals surface area contributed by atoms with Crippen LogP contribution in [-0.4, -0.2) is 26.2 Å². The van der Waals surface area contributed by atoms with Gasteiger partial charge in [-0.1, -0.05) is 11.6 Å². The number of nitrogens with two attached hydrogens (primary N) is 1. The van der Waals surface area contributed by atoms with Crippen molar-refractivity contribution in [2.75, 3.05) is 36.8 Å². The molecule has 1 aliphatic rings. The molecular weight excluding hydrogens is 277 g/mol. The predicted molar refractivity (Wildman–Crippen MR) is 68.6 cm³/mol. The fraction of sp³-hybridized carbons (Fsp3) is 0.400. The van der Waals surface area contributed by atoms with Gasteiger partial charge in [-0.2, -0.15) is 0 Å². The Balaban J connectivity index is 2.30. The van der Waals surface area contributed by atoms with Gasteiger partial charge in [0, 0.05) is 36.3 Å². The lowest BCUT2D eigenvalue weighted by molar-refractivity contribution is 0.589. The monoisotopic (exact) mass is 289 g/mol. The first-order valence-corrected chi connectivity index (χ1v) is 6.06. The Hall–Kier alpha value is -0.450. The highest BCUT2D eigenvalue weighted by Gasteiger charge is 2.14. The molecule has 1 aromatic rings. The van der Waals surface area contributed by atoms with E-state index in [-0.39, 0.29) is 0 Å². The highest BCUT2D eigenvalue weighted by atomic mass is 79.9. The quantitative estimate of drug-likeness (QED) is 0.778. The molecule has 0 bridgehead atoms. The van der Waals surface area contributed by atoms with E-state index in [1.165, 1.54) is 0 Å². The zero-order valence-electron chi connectivity index (χ0n) is 8.26. The number of nitrogens with zero attached hydrogens (tertiary/aromatic N) is 1. The zero-order valence-corrected chi connectivity index (χ0v) is 10.6. The van der Waals surface area contributed by atoms with Crippen molar-refractivity contribution in [2.45, 2.75) is 0 Å². The Labute approximate surface area is 103 Å². The van der Waals surface area contributed by atoms with Gasteiger partial charge in [0.25, 0.3) is 0 Å². The second-order valence-electron chi connectivity index (χ2n) is 3.56. The highest BCUT2D eigenvalue weighted by Crippen LogP contribution is 2.33. The number of anilines is 2. The van der Waals surface area contributed by atoms with E-state index < -0.39 is 0 Å². The molecule has 15 heavy (non-hydrogen) atoms. The van der Waals surface area contributed by atoms with Crippen LogP contribution in [0.2, 0.25) is 5.02 Å². The van der Waals surface area contributed by atoms with Crippen LogP contribution >= 0.6 is 27.5 Å². The van der Waals surface area contributed by atoms with Gasteiger partial charge in [0.1, 0.15) is 0 Å². The van der Waals surface area contributed by atoms with Gasteiger partial charge in [0.2, 0.25) is 0 Å². The Morgan fingerprint density at radius 1 is 1.33 bits per heavy atom. The average Bonchev–Trinajstić information content (AvgIpc) is 2.25. The number of piperazine rings is 1. The predicted octanol–water partition coefficient (Wildman–Crippen LogP) is 2.09. The van der Waals surface area contributed by atoms with E-state index in [9.17, 15) is 0 Å². The number of hydrogen-bond donors (Lipinski definition) is 2. The number of halogens is 2. The fourth-order valence-corrected chi connectivity index (χ4v) is 2.46. The average molecular weight is 291 g/mol. The van der Waals surface area contributed by atoms with Gasteiger partial charge >= 0.3 is 0 Å². The Morgan fingerprint density at radius 3 is 2.67 bits per heavy atom. The molecule has 0 atom stereocenters. The molecule has 3 nitrogen and oxygen atoms in total. The second kappa shape index (κ2) is 4.60. The van der Waals surface area contributed by atoms with Gasteiger partial charge in [0.15, 0.2) is 0 Å². The van der Waals surface area contributed by atoms with Gasteiger partial charge in [-0.15, -0.1) is 0 Å². The molecule has 2 rings (SSSR count). The SMILES string of the molecule is Nc1cc(N2CCNCC2)c(Cl)cc1Br. The summed E-state index contributed by atoms with van der Waals surface area (Å²) in [6.07, 6.45) is 0. The molecule has 3 N–H and O–H groups in total. The maximum atomic E-state index is 6.19. The number of nitrogens with one attached hydrogen (secondary N) is 1. The first-order valence-electron chi connectivity index (χ1n) is 4.88. The van der Waals surface area contributed by atoms with Crippen molar-refractivity contribution in [1.29, 1.82) is 0 Å². The minimum absolute atomic E-state index is 0.730. The summed E-state index contributed by atoms with van der Waals surface area (Å²) in [5.41, 5.74) is 7.60. The largest absolute Gasteiger partial charge is 0.398 e. The van der Waals surface area contributed by atoms with E-state index in [0.29, 0.717) is 0 Å². The van der Waals surface area contributed by atoms with Crippen LogP contribution in [0.25, 0.3) is 0 Å². The first kappa shape index (κ1) is 11.0. The number of rotatable bonds is 1. The summed E-state index contributed by atoms with van der Waals surface area (Å²) in [7, 11) is 0. The van der Waals surface area contributed by atoms with Gasteiger partial charge in [-0.3, -0.25) is 0 Å². The van der Waals surface area contributed by atoms with E-state index in [4.69, 9.17) is 17.3 Å². The number of benzene rings is 1. The van der Waals surface area contributed by atoms with Gasteiger partial charge in [0.05, 0.1) is 10.7 Å². The van der Waals surface area contributed by atoms with Crippen LogP contribution in [0.5, 0.6) is 0 Å². The van der Waals surface area contributed by atoms with Crippen LogP contribution in [0.15, 0.2) is 16.6 Å². The number of nitrogen functional groups attached to an aromatic ring is 1. The van der Waals surface area contributed by atoms with E-state index in [1.807, 2.05) is 12.1 Å². The van der Waals surface area contributed by atoms with Crippen LogP contribution in [0.4, 0.5) is 11.4 Å². The smallest absolute Gasteiger partial charge is 0.0652 e. The zero-order chi connectivity index (χ0) is 10.8. The van der Waals surface area contributed by atoms with Crippen molar-refractivity contribution >= 4 is 38.9 Å². The van der Waals surface area contributed by atoms with Gasteiger partial charge in [-0.05, 0) is 28.1 Å². The van der Waals surface area contributed by atoms with Crippen LogP contribution in [0, 0.1) is 0 Å². The molecule has 82 valence electrons. The van der Waals surface area contributed by atoms with E-state index in [0.717, 1.165) is 47.0 Å². The second-order valence-corrected chi connectivity index (χ2v) is 4.82. The summed E-state index contributed by atoms with van der Waals surface area (Å²) in [5.74, 6) is 0. The molecule has 0 aliphatic carbocycles. The molecule has 0 amide bonds. The fourth-order valence-electron chi connectivity index (χ4n) is 1.70. The Bertz CT molecular complexity index is 364. The maximum Gasteiger partial charge on any atom is 0.0652 e. The number of hydrogen-bond acceptors (Lipinski definition) is 3. The Morgan fingerprint density at radius 2 is 2.00 bits per heavy atom. The van der Waals surface area contributed by atoms with Crippen LogP contribution < -0.4 is 16.0 Å². The third kappa shape index (κ3) is 2.38. The summed E-state index contributed by atoms with van der Waals surface area (Å²) < 4.78 is 0.853. The minimum atomic E-state index is 0.730. The highest BCUT2D eigenvalue weighted by molar-refractivity contribution is 9.10. The molecule has 0 saturated carbocycles. The molecule has 5 heteroatoms. The summed E-state index contributed by atoms with van der Waals surface area (Å²) >= 11 is 9.55. The molecule has 0 unspecified atom stereocenters. The van der Waals surface area contributed by atoms with Crippen molar-refractivity contribution < 1.29 is 0 Å². The van der Waals surface area contributed by atoms with Crippen molar-refractivity contribution in [2.24, 2.45) is 0 Å². The summed E-state index contributed by atoms with van der Waals surface area (Å²) in [5, 5.41) is 4.05. The molecular formula is C10H13BrClN3. The summed E-state index contributed by atoms with van der Waals surface area (Å²) in [6, 6.07) is 3.78. The molecule has 0 aromatic heterocycles. The molecule has 1 heterocycles. The normalized spacial score (nSPS) is 16.8. The third-order valence-electron chi connectivity index (χ3n) is 2.52. The lowest BCUT2D eigenvalue weighted by Crippen LogP contribution is -2.43. The van der Waals surface area contributed by atoms with E-state index >= 15 is 0 Å². The van der Waals surface area contributed by atoms with Crippen molar-refractivity contribution in [3.63, 3.8) is 0 Å². The van der Waals surface area contributed by atoms with Crippen LogP contribution in [0.1, 0.15) is 0 Å². The van der Waals surface area contributed by atoms with Crippen molar-refractivity contribution in [3.8, 4) is 0 Å². The summed E-state index contributed by atoms with van der Waals surface area (Å²) in [6.45, 7) is 3.93. The summed E-state index contributed by atoms with van der Waals surface area (Å²) in [4.78, 5) is 2.25. The molecule has 1 aromatic carbocycles. The molecule has 0 radical (unpaired) electrons. The first-order chi connectivity index (χ1) is 7.18. The topological polar surface area (TPSA) is 41.3 Å². The Kier molecular flexibility index (Phi) is 3.38. The van der Waals surface area contributed by atoms with E-state index in [1.54, 1.807) is 0 Å². The van der Waals surface area contributed by atoms with Crippen molar-refractivity contribution in [1.82, 2.24) is 5.32 Å².